The third-order valence-corrected chi connectivity index (χ3v) is 5.69. The van der Waals surface area contributed by atoms with Crippen molar-refractivity contribution in [3.63, 3.8) is 0 Å². The molecule has 0 spiro atoms. The van der Waals surface area contributed by atoms with Crippen LogP contribution in [0.4, 0.5) is 5.69 Å². The molecule has 2 aliphatic rings. The van der Waals surface area contributed by atoms with Crippen LogP contribution in [0.5, 0.6) is 11.5 Å². The SMILES string of the molecule is O=S(=O)(Nc1ccc(Cl)cc1)c1c2c(cc3c1OCC3)OCC2. The van der Waals surface area contributed by atoms with Crippen molar-refractivity contribution in [1.82, 2.24) is 0 Å². The number of halogens is 1. The zero-order chi connectivity index (χ0) is 16.0. The van der Waals surface area contributed by atoms with Gasteiger partial charge < -0.3 is 9.47 Å². The monoisotopic (exact) mass is 351 g/mol. The molecule has 0 atom stereocenters. The van der Waals surface area contributed by atoms with Crippen LogP contribution in [0.1, 0.15) is 11.1 Å². The summed E-state index contributed by atoms with van der Waals surface area (Å²) in [4.78, 5) is 0.204. The molecule has 0 unspecified atom stereocenters. The van der Waals surface area contributed by atoms with E-state index in [0.717, 1.165) is 5.56 Å². The van der Waals surface area contributed by atoms with E-state index >= 15 is 0 Å². The topological polar surface area (TPSA) is 64.6 Å². The average molecular weight is 352 g/mol. The first-order valence-corrected chi connectivity index (χ1v) is 9.13. The summed E-state index contributed by atoms with van der Waals surface area (Å²) in [6, 6.07) is 8.42. The van der Waals surface area contributed by atoms with E-state index in [0.29, 0.717) is 53.8 Å². The van der Waals surface area contributed by atoms with Crippen LogP contribution >= 0.6 is 11.6 Å². The van der Waals surface area contributed by atoms with E-state index in [2.05, 4.69) is 4.72 Å². The molecule has 4 rings (SSSR count). The fourth-order valence-electron chi connectivity index (χ4n) is 2.95. The summed E-state index contributed by atoms with van der Waals surface area (Å²) in [6.45, 7) is 0.976. The van der Waals surface area contributed by atoms with Crippen molar-refractivity contribution in [2.24, 2.45) is 0 Å². The third-order valence-electron chi connectivity index (χ3n) is 3.97. The Morgan fingerprint density at radius 3 is 2.57 bits per heavy atom. The summed E-state index contributed by atoms with van der Waals surface area (Å²) >= 11 is 5.84. The maximum Gasteiger partial charge on any atom is 0.266 e. The van der Waals surface area contributed by atoms with Gasteiger partial charge >= 0.3 is 0 Å². The van der Waals surface area contributed by atoms with Gasteiger partial charge in [0, 0.05) is 34.7 Å². The first kappa shape index (κ1) is 14.7. The predicted octanol–water partition coefficient (Wildman–Crippen LogP) is 3.01. The van der Waals surface area contributed by atoms with Gasteiger partial charge in [0.25, 0.3) is 10.0 Å². The number of anilines is 1. The summed E-state index contributed by atoms with van der Waals surface area (Å²) in [5, 5.41) is 0.547. The third kappa shape index (κ3) is 2.52. The molecule has 2 aliphatic heterocycles. The number of hydrogen-bond acceptors (Lipinski definition) is 4. The molecule has 5 nitrogen and oxygen atoms in total. The Hall–Kier alpha value is -1.92. The van der Waals surface area contributed by atoms with Crippen molar-refractivity contribution in [3.8, 4) is 11.5 Å². The Morgan fingerprint density at radius 1 is 1.04 bits per heavy atom. The normalized spacial score (nSPS) is 15.5. The van der Waals surface area contributed by atoms with E-state index in [4.69, 9.17) is 21.1 Å². The minimum absolute atomic E-state index is 0.204. The number of benzene rings is 2. The van der Waals surface area contributed by atoms with Crippen LogP contribution in [0.15, 0.2) is 35.2 Å². The van der Waals surface area contributed by atoms with E-state index in [1.54, 1.807) is 24.3 Å². The number of sulfonamides is 1. The molecule has 2 aromatic rings. The van der Waals surface area contributed by atoms with Crippen LogP contribution in [0, 0.1) is 0 Å². The molecule has 0 saturated carbocycles. The zero-order valence-corrected chi connectivity index (χ0v) is 13.7. The van der Waals surface area contributed by atoms with Crippen molar-refractivity contribution < 1.29 is 17.9 Å². The van der Waals surface area contributed by atoms with E-state index in [9.17, 15) is 8.42 Å². The first-order valence-electron chi connectivity index (χ1n) is 7.27. The zero-order valence-electron chi connectivity index (χ0n) is 12.1. The Morgan fingerprint density at radius 2 is 1.78 bits per heavy atom. The predicted molar refractivity (Wildman–Crippen MR) is 87.1 cm³/mol. The largest absolute Gasteiger partial charge is 0.493 e. The van der Waals surface area contributed by atoms with Crippen molar-refractivity contribution in [2.75, 3.05) is 17.9 Å². The van der Waals surface area contributed by atoms with Gasteiger partial charge in [-0.1, -0.05) is 11.6 Å². The summed E-state index contributed by atoms with van der Waals surface area (Å²) in [5.74, 6) is 1.10. The highest BCUT2D eigenvalue weighted by molar-refractivity contribution is 7.92. The van der Waals surface area contributed by atoms with Gasteiger partial charge in [0.15, 0.2) is 0 Å². The standard InChI is InChI=1S/C16H14ClNO4S/c17-11-1-3-12(4-2-11)18-23(19,20)16-13-6-8-21-14(13)9-10-5-7-22-15(10)16/h1-4,9,18H,5-8H2. The minimum Gasteiger partial charge on any atom is -0.493 e. The molecule has 0 aromatic heterocycles. The summed E-state index contributed by atoms with van der Waals surface area (Å²) in [6.07, 6.45) is 1.25. The quantitative estimate of drug-likeness (QED) is 0.923. The first-order chi connectivity index (χ1) is 11.0. The van der Waals surface area contributed by atoms with Crippen LogP contribution in [-0.2, 0) is 22.9 Å². The highest BCUT2D eigenvalue weighted by atomic mass is 35.5. The molecule has 0 bridgehead atoms. The molecule has 0 fully saturated rings. The number of nitrogens with one attached hydrogen (secondary N) is 1. The molecule has 1 N–H and O–H groups in total. The van der Waals surface area contributed by atoms with Crippen LogP contribution in [0.2, 0.25) is 5.02 Å². The smallest absolute Gasteiger partial charge is 0.266 e. The van der Waals surface area contributed by atoms with Crippen molar-refractivity contribution in [2.45, 2.75) is 17.7 Å². The van der Waals surface area contributed by atoms with Gasteiger partial charge in [-0.2, -0.15) is 0 Å². The molecule has 2 heterocycles. The lowest BCUT2D eigenvalue weighted by Crippen LogP contribution is -2.16. The lowest BCUT2D eigenvalue weighted by Gasteiger charge is -2.14. The van der Waals surface area contributed by atoms with Crippen molar-refractivity contribution in [1.29, 1.82) is 0 Å². The van der Waals surface area contributed by atoms with Crippen molar-refractivity contribution in [3.05, 3.63) is 46.5 Å². The second-order valence-corrected chi connectivity index (χ2v) is 7.54. The average Bonchev–Trinajstić information content (AvgIpc) is 3.14. The van der Waals surface area contributed by atoms with Crippen LogP contribution < -0.4 is 14.2 Å². The molecule has 0 amide bonds. The summed E-state index contributed by atoms with van der Waals surface area (Å²) in [7, 11) is -3.77. The minimum atomic E-state index is -3.77. The van der Waals surface area contributed by atoms with Gasteiger partial charge in [-0.05, 0) is 30.3 Å². The highest BCUT2D eigenvalue weighted by Crippen LogP contribution is 2.43. The van der Waals surface area contributed by atoms with Crippen LogP contribution in [0.3, 0.4) is 0 Å². The van der Waals surface area contributed by atoms with Gasteiger partial charge in [-0.15, -0.1) is 0 Å². The Bertz CT molecular complexity index is 846. The molecule has 0 radical (unpaired) electrons. The van der Waals surface area contributed by atoms with Gasteiger partial charge in [-0.25, -0.2) is 8.42 Å². The van der Waals surface area contributed by atoms with E-state index in [1.807, 2.05) is 6.07 Å². The Balaban J connectivity index is 1.82. The lowest BCUT2D eigenvalue weighted by atomic mass is 10.1. The molecule has 120 valence electrons. The van der Waals surface area contributed by atoms with E-state index < -0.39 is 10.0 Å². The summed E-state index contributed by atoms with van der Waals surface area (Å²) < 4.78 is 39.6. The van der Waals surface area contributed by atoms with Crippen molar-refractivity contribution >= 4 is 27.3 Å². The molecular formula is C16H14ClNO4S. The Kier molecular flexibility index (Phi) is 3.39. The second kappa shape index (κ2) is 5.32. The number of ether oxygens (including phenoxy) is 2. The fourth-order valence-corrected chi connectivity index (χ4v) is 4.59. The van der Waals surface area contributed by atoms with Crippen LogP contribution in [0.25, 0.3) is 0 Å². The molecule has 0 saturated heterocycles. The van der Waals surface area contributed by atoms with E-state index in [-0.39, 0.29) is 4.90 Å². The number of rotatable bonds is 3. The molecule has 2 aromatic carbocycles. The maximum absolute atomic E-state index is 12.9. The van der Waals surface area contributed by atoms with E-state index in [1.165, 1.54) is 0 Å². The summed E-state index contributed by atoms with van der Waals surface area (Å²) in [5.41, 5.74) is 2.02. The lowest BCUT2D eigenvalue weighted by molar-refractivity contribution is 0.348. The van der Waals surface area contributed by atoms with Gasteiger partial charge in [-0.3, -0.25) is 4.72 Å². The number of fused-ring (bicyclic) bond motifs is 2. The maximum atomic E-state index is 12.9. The molecule has 23 heavy (non-hydrogen) atoms. The van der Waals surface area contributed by atoms with Gasteiger partial charge in [0.2, 0.25) is 0 Å². The molecule has 7 heteroatoms. The molecule has 0 aliphatic carbocycles. The second-order valence-electron chi connectivity index (χ2n) is 5.48. The number of hydrogen-bond donors (Lipinski definition) is 1. The highest BCUT2D eigenvalue weighted by Gasteiger charge is 2.33. The van der Waals surface area contributed by atoms with Crippen LogP contribution in [-0.4, -0.2) is 21.6 Å². The Labute approximate surface area is 139 Å². The molecular weight excluding hydrogens is 338 g/mol. The van der Waals surface area contributed by atoms with Gasteiger partial charge in [0.05, 0.1) is 13.2 Å². The van der Waals surface area contributed by atoms with Gasteiger partial charge in [0.1, 0.15) is 16.4 Å². The fraction of sp³-hybridized carbons (Fsp3) is 0.250.